The number of aromatic hydroxyl groups is 1. The molecule has 4 rings (SSSR count). The first-order valence-corrected chi connectivity index (χ1v) is 10.2. The number of phenols is 1. The van der Waals surface area contributed by atoms with Gasteiger partial charge in [-0.3, -0.25) is 18.5 Å². The molecule has 0 fully saturated rings. The summed E-state index contributed by atoms with van der Waals surface area (Å²) in [5.74, 6) is 0.678. The summed E-state index contributed by atoms with van der Waals surface area (Å²) < 4.78 is 9.27. The zero-order valence-corrected chi connectivity index (χ0v) is 18.7. The van der Waals surface area contributed by atoms with Gasteiger partial charge >= 0.3 is 5.69 Å². The maximum Gasteiger partial charge on any atom is 0.332 e. The molecule has 2 aromatic heterocycles. The second-order valence-corrected chi connectivity index (χ2v) is 7.58. The number of nitrogens with zero attached hydrogens (tertiary/aromatic N) is 5. The van der Waals surface area contributed by atoms with E-state index in [-0.39, 0.29) is 11.4 Å². The third-order valence-electron chi connectivity index (χ3n) is 5.45. The highest BCUT2D eigenvalue weighted by molar-refractivity contribution is 5.99. The number of imidazole rings is 1. The molecule has 0 atom stereocenters. The number of rotatable bonds is 6. The first-order chi connectivity index (χ1) is 15.8. The van der Waals surface area contributed by atoms with Gasteiger partial charge in [0.25, 0.3) is 5.56 Å². The van der Waals surface area contributed by atoms with Gasteiger partial charge in [0.1, 0.15) is 0 Å². The molecular formula is C23H24N6O4. The number of fused-ring (bicyclic) bond motifs is 1. The summed E-state index contributed by atoms with van der Waals surface area (Å²) in [4.78, 5) is 29.9. The van der Waals surface area contributed by atoms with Gasteiger partial charge in [0.05, 0.1) is 19.4 Å². The number of aryl methyl sites for hydroxylation is 1. The third-order valence-corrected chi connectivity index (χ3v) is 5.45. The van der Waals surface area contributed by atoms with Crippen LogP contribution < -0.4 is 21.4 Å². The van der Waals surface area contributed by atoms with Crippen LogP contribution in [0.2, 0.25) is 0 Å². The van der Waals surface area contributed by atoms with Crippen molar-refractivity contribution in [3.8, 4) is 11.5 Å². The van der Waals surface area contributed by atoms with Crippen molar-refractivity contribution in [1.82, 2.24) is 18.7 Å². The highest BCUT2D eigenvalue weighted by Crippen LogP contribution is 2.26. The Morgan fingerprint density at radius 3 is 2.55 bits per heavy atom. The van der Waals surface area contributed by atoms with Crippen molar-refractivity contribution >= 4 is 22.8 Å². The monoisotopic (exact) mass is 448 g/mol. The number of ether oxygens (including phenoxy) is 1. The SMILES string of the molecule is COc1cc(C(C)=NNc2nc3c(c(=O)n(C)c(=O)n3C)n2Cc2ccccc2)ccc1O. The van der Waals surface area contributed by atoms with Gasteiger partial charge in [-0.2, -0.15) is 10.1 Å². The van der Waals surface area contributed by atoms with E-state index in [2.05, 4.69) is 15.5 Å². The summed E-state index contributed by atoms with van der Waals surface area (Å²) in [5, 5.41) is 14.2. The molecule has 170 valence electrons. The number of methoxy groups -OCH3 is 1. The lowest BCUT2D eigenvalue weighted by Gasteiger charge is -2.10. The summed E-state index contributed by atoms with van der Waals surface area (Å²) in [6.45, 7) is 2.15. The average Bonchev–Trinajstić information content (AvgIpc) is 3.19. The normalized spacial score (nSPS) is 11.7. The van der Waals surface area contributed by atoms with Gasteiger partial charge in [-0.25, -0.2) is 10.2 Å². The number of hydrogen-bond acceptors (Lipinski definition) is 7. The smallest absolute Gasteiger partial charge is 0.332 e. The van der Waals surface area contributed by atoms with Crippen LogP contribution >= 0.6 is 0 Å². The number of phenolic OH excluding ortho intramolecular Hbond substituents is 1. The molecule has 4 aromatic rings. The fourth-order valence-corrected chi connectivity index (χ4v) is 3.55. The van der Waals surface area contributed by atoms with Crippen molar-refractivity contribution in [2.24, 2.45) is 19.2 Å². The molecule has 2 aromatic carbocycles. The second kappa shape index (κ2) is 8.65. The summed E-state index contributed by atoms with van der Waals surface area (Å²) >= 11 is 0. The van der Waals surface area contributed by atoms with Crippen LogP contribution in [-0.2, 0) is 20.6 Å². The van der Waals surface area contributed by atoms with Gasteiger partial charge < -0.3 is 9.84 Å². The number of hydrazone groups is 1. The van der Waals surface area contributed by atoms with Gasteiger partial charge in [0, 0.05) is 19.7 Å². The number of benzene rings is 2. The summed E-state index contributed by atoms with van der Waals surface area (Å²) in [5.41, 5.74) is 4.90. The summed E-state index contributed by atoms with van der Waals surface area (Å²) in [6, 6.07) is 14.5. The highest BCUT2D eigenvalue weighted by Gasteiger charge is 2.19. The van der Waals surface area contributed by atoms with Crippen LogP contribution in [0.25, 0.3) is 11.2 Å². The second-order valence-electron chi connectivity index (χ2n) is 7.58. The van der Waals surface area contributed by atoms with E-state index < -0.39 is 11.2 Å². The van der Waals surface area contributed by atoms with Crippen LogP contribution in [0, 0.1) is 0 Å². The van der Waals surface area contributed by atoms with E-state index in [1.807, 2.05) is 30.3 Å². The quantitative estimate of drug-likeness (QED) is 0.345. The number of nitrogens with one attached hydrogen (secondary N) is 1. The Kier molecular flexibility index (Phi) is 5.74. The van der Waals surface area contributed by atoms with Gasteiger partial charge in [0.2, 0.25) is 5.95 Å². The fourth-order valence-electron chi connectivity index (χ4n) is 3.55. The predicted octanol–water partition coefficient (Wildman–Crippen LogP) is 2.03. The van der Waals surface area contributed by atoms with Gasteiger partial charge in [0.15, 0.2) is 22.7 Å². The van der Waals surface area contributed by atoms with E-state index in [0.717, 1.165) is 15.7 Å². The van der Waals surface area contributed by atoms with Crippen LogP contribution in [0.1, 0.15) is 18.1 Å². The number of aromatic nitrogens is 4. The average molecular weight is 448 g/mol. The molecular weight excluding hydrogens is 424 g/mol. The molecule has 0 aliphatic carbocycles. The molecule has 0 saturated heterocycles. The van der Waals surface area contributed by atoms with Crippen molar-refractivity contribution in [2.45, 2.75) is 13.5 Å². The van der Waals surface area contributed by atoms with E-state index in [9.17, 15) is 14.7 Å². The van der Waals surface area contributed by atoms with Gasteiger partial charge in [-0.05, 0) is 30.7 Å². The molecule has 0 bridgehead atoms. The third kappa shape index (κ3) is 3.98. The molecule has 10 nitrogen and oxygen atoms in total. The van der Waals surface area contributed by atoms with E-state index >= 15 is 0 Å². The van der Waals surface area contributed by atoms with Crippen LogP contribution in [0.15, 0.2) is 63.2 Å². The lowest BCUT2D eigenvalue weighted by Crippen LogP contribution is -2.37. The molecule has 10 heteroatoms. The lowest BCUT2D eigenvalue weighted by atomic mass is 10.1. The van der Waals surface area contributed by atoms with Crippen LogP contribution in [0.4, 0.5) is 5.95 Å². The first-order valence-electron chi connectivity index (χ1n) is 10.2. The fraction of sp³-hybridized carbons (Fsp3) is 0.217. The van der Waals surface area contributed by atoms with Crippen LogP contribution in [0.5, 0.6) is 11.5 Å². The van der Waals surface area contributed by atoms with E-state index in [0.29, 0.717) is 29.5 Å². The number of hydrogen-bond donors (Lipinski definition) is 2. The molecule has 0 unspecified atom stereocenters. The molecule has 0 amide bonds. The summed E-state index contributed by atoms with van der Waals surface area (Å²) in [7, 11) is 4.49. The molecule has 2 heterocycles. The van der Waals surface area contributed by atoms with E-state index in [1.54, 1.807) is 30.7 Å². The molecule has 33 heavy (non-hydrogen) atoms. The van der Waals surface area contributed by atoms with Crippen LogP contribution in [0.3, 0.4) is 0 Å². The van der Waals surface area contributed by atoms with Crippen molar-refractivity contribution in [3.63, 3.8) is 0 Å². The minimum atomic E-state index is -0.459. The predicted molar refractivity (Wildman–Crippen MR) is 126 cm³/mol. The maximum atomic E-state index is 13.0. The zero-order chi connectivity index (χ0) is 23.7. The van der Waals surface area contributed by atoms with Crippen LogP contribution in [-0.4, -0.2) is 36.6 Å². The maximum absolute atomic E-state index is 13.0. The standard InChI is InChI=1S/C23H24N6O4/c1-14(16-10-11-17(30)18(12-16)33-4)25-26-22-24-20-19(21(31)28(3)23(32)27(20)2)29(22)13-15-8-6-5-7-9-15/h5-12,30H,13H2,1-4H3,(H,24,26). The summed E-state index contributed by atoms with van der Waals surface area (Å²) in [6.07, 6.45) is 0. The molecule has 0 radical (unpaired) electrons. The van der Waals surface area contributed by atoms with Crippen molar-refractivity contribution in [2.75, 3.05) is 12.5 Å². The Morgan fingerprint density at radius 2 is 1.85 bits per heavy atom. The van der Waals surface area contributed by atoms with Crippen molar-refractivity contribution < 1.29 is 9.84 Å². The minimum absolute atomic E-state index is 0.0309. The molecule has 2 N–H and O–H groups in total. The van der Waals surface area contributed by atoms with E-state index in [1.165, 1.54) is 24.8 Å². The van der Waals surface area contributed by atoms with Gasteiger partial charge in [-0.1, -0.05) is 30.3 Å². The highest BCUT2D eigenvalue weighted by atomic mass is 16.5. The number of anilines is 1. The first kappa shape index (κ1) is 21.9. The zero-order valence-electron chi connectivity index (χ0n) is 18.7. The molecule has 0 saturated carbocycles. The minimum Gasteiger partial charge on any atom is -0.504 e. The molecule has 0 spiro atoms. The molecule has 0 aliphatic rings. The Bertz CT molecular complexity index is 1480. The van der Waals surface area contributed by atoms with Crippen molar-refractivity contribution in [1.29, 1.82) is 0 Å². The topological polar surface area (TPSA) is 116 Å². The Balaban J connectivity index is 1.83. The van der Waals surface area contributed by atoms with E-state index in [4.69, 9.17) is 4.74 Å². The van der Waals surface area contributed by atoms with Gasteiger partial charge in [-0.15, -0.1) is 0 Å². The Labute approximate surface area is 189 Å². The lowest BCUT2D eigenvalue weighted by molar-refractivity contribution is 0.373. The van der Waals surface area contributed by atoms with Crippen molar-refractivity contribution in [3.05, 3.63) is 80.5 Å². The Morgan fingerprint density at radius 1 is 1.12 bits per heavy atom. The largest absolute Gasteiger partial charge is 0.504 e. The Hall–Kier alpha value is -4.34. The molecule has 0 aliphatic heterocycles.